The van der Waals surface area contributed by atoms with Gasteiger partial charge in [-0.3, -0.25) is 9.79 Å². The average molecular weight is 462 g/mol. The van der Waals surface area contributed by atoms with E-state index in [-0.39, 0.29) is 5.91 Å². The number of carbonyl (C=O) groups is 1. The van der Waals surface area contributed by atoms with Crippen LogP contribution in [0.1, 0.15) is 35.3 Å². The standard InChI is InChI=1S/C30H27N3O2/c1-19-10-5-8-14-23(19)32-28(34)22-13-9-15-24-26(22)29(2,3)30(33(24)4)18-31-27-21-12-7-6-11-20(21)16-17-25(27)35-30/h5-18H,1-4H3,(H,32,34). The van der Waals surface area contributed by atoms with E-state index in [0.29, 0.717) is 5.56 Å². The Morgan fingerprint density at radius 2 is 1.71 bits per heavy atom. The smallest absolute Gasteiger partial charge is 0.256 e. The number of nitrogens with one attached hydrogen (secondary N) is 1. The zero-order valence-electron chi connectivity index (χ0n) is 20.3. The van der Waals surface area contributed by atoms with Crippen molar-refractivity contribution in [3.8, 4) is 5.75 Å². The molecule has 4 aromatic carbocycles. The molecule has 6 rings (SSSR count). The van der Waals surface area contributed by atoms with E-state index >= 15 is 0 Å². The molecule has 0 bridgehead atoms. The Labute approximate surface area is 205 Å². The number of ether oxygens (including phenoxy) is 1. The van der Waals surface area contributed by atoms with Crippen molar-refractivity contribution >= 4 is 40.0 Å². The lowest BCUT2D eigenvalue weighted by atomic mass is 9.75. The maximum Gasteiger partial charge on any atom is 0.256 e. The maximum atomic E-state index is 13.5. The first-order chi connectivity index (χ1) is 16.8. The number of aliphatic imine (C=N–C) groups is 1. The van der Waals surface area contributed by atoms with Crippen LogP contribution in [0.3, 0.4) is 0 Å². The van der Waals surface area contributed by atoms with E-state index in [0.717, 1.165) is 44.7 Å². The number of para-hydroxylation sites is 1. The summed E-state index contributed by atoms with van der Waals surface area (Å²) in [6.07, 6.45) is 1.91. The van der Waals surface area contributed by atoms with Gasteiger partial charge in [0, 0.05) is 34.9 Å². The van der Waals surface area contributed by atoms with Crippen molar-refractivity contribution in [3.63, 3.8) is 0 Å². The number of benzene rings is 4. The number of amides is 1. The molecule has 174 valence electrons. The lowest BCUT2D eigenvalue weighted by molar-refractivity contribution is 0.0817. The summed E-state index contributed by atoms with van der Waals surface area (Å²) in [4.78, 5) is 20.6. The van der Waals surface area contributed by atoms with Crippen LogP contribution in [0.4, 0.5) is 17.1 Å². The summed E-state index contributed by atoms with van der Waals surface area (Å²) in [5.74, 6) is 0.610. The van der Waals surface area contributed by atoms with Crippen molar-refractivity contribution in [1.29, 1.82) is 0 Å². The van der Waals surface area contributed by atoms with Gasteiger partial charge in [0.25, 0.3) is 5.91 Å². The Morgan fingerprint density at radius 1 is 0.943 bits per heavy atom. The summed E-state index contributed by atoms with van der Waals surface area (Å²) in [6.45, 7) is 6.24. The highest BCUT2D eigenvalue weighted by Gasteiger charge is 2.59. The van der Waals surface area contributed by atoms with Gasteiger partial charge >= 0.3 is 0 Å². The molecule has 5 nitrogen and oxygen atoms in total. The molecule has 1 spiro atoms. The average Bonchev–Trinajstić information content (AvgIpc) is 3.03. The zero-order chi connectivity index (χ0) is 24.4. The molecule has 0 saturated heterocycles. The molecule has 5 heteroatoms. The number of fused-ring (bicyclic) bond motifs is 4. The van der Waals surface area contributed by atoms with E-state index in [1.165, 1.54) is 0 Å². The van der Waals surface area contributed by atoms with Gasteiger partial charge in [-0.15, -0.1) is 0 Å². The van der Waals surface area contributed by atoms with Crippen molar-refractivity contribution in [2.24, 2.45) is 4.99 Å². The third kappa shape index (κ3) is 2.94. The summed E-state index contributed by atoms with van der Waals surface area (Å²) < 4.78 is 6.82. The molecule has 1 atom stereocenters. The van der Waals surface area contributed by atoms with Crippen LogP contribution in [0, 0.1) is 6.92 Å². The minimum absolute atomic E-state index is 0.131. The number of hydrogen-bond acceptors (Lipinski definition) is 4. The fraction of sp³-hybridized carbons (Fsp3) is 0.200. The van der Waals surface area contributed by atoms with Crippen molar-refractivity contribution in [2.75, 3.05) is 17.3 Å². The van der Waals surface area contributed by atoms with Crippen molar-refractivity contribution < 1.29 is 9.53 Å². The molecule has 0 radical (unpaired) electrons. The normalized spacial score (nSPS) is 19.4. The third-order valence-corrected chi connectivity index (χ3v) is 7.56. The minimum atomic E-state index is -0.871. The van der Waals surface area contributed by atoms with Crippen molar-refractivity contribution in [3.05, 3.63) is 95.6 Å². The molecule has 0 saturated carbocycles. The van der Waals surface area contributed by atoms with Gasteiger partial charge in [0.15, 0.2) is 0 Å². The van der Waals surface area contributed by atoms with Crippen molar-refractivity contribution in [2.45, 2.75) is 31.9 Å². The molecule has 1 amide bonds. The molecule has 1 N–H and O–H groups in total. The van der Waals surface area contributed by atoms with Gasteiger partial charge in [-0.1, -0.05) is 54.6 Å². The van der Waals surface area contributed by atoms with Crippen LogP contribution in [0.5, 0.6) is 5.75 Å². The largest absolute Gasteiger partial charge is 0.459 e. The summed E-state index contributed by atoms with van der Waals surface area (Å²) in [6, 6.07) is 25.9. The lowest BCUT2D eigenvalue weighted by Gasteiger charge is -2.45. The molecule has 2 aliphatic heterocycles. The van der Waals surface area contributed by atoms with Gasteiger partial charge in [-0.05, 0) is 56.0 Å². The van der Waals surface area contributed by atoms with E-state index in [1.54, 1.807) is 0 Å². The van der Waals surface area contributed by atoms with Crippen LogP contribution in [0.25, 0.3) is 10.8 Å². The van der Waals surface area contributed by atoms with Gasteiger partial charge in [-0.2, -0.15) is 0 Å². The first-order valence-electron chi connectivity index (χ1n) is 11.8. The highest BCUT2D eigenvalue weighted by atomic mass is 16.5. The fourth-order valence-corrected chi connectivity index (χ4v) is 5.59. The quantitative estimate of drug-likeness (QED) is 0.365. The van der Waals surface area contributed by atoms with Gasteiger partial charge in [0.2, 0.25) is 5.72 Å². The third-order valence-electron chi connectivity index (χ3n) is 7.56. The predicted octanol–water partition coefficient (Wildman–Crippen LogP) is 6.62. The second-order valence-electron chi connectivity index (χ2n) is 9.84. The highest BCUT2D eigenvalue weighted by molar-refractivity contribution is 6.08. The second-order valence-corrected chi connectivity index (χ2v) is 9.84. The zero-order valence-corrected chi connectivity index (χ0v) is 20.3. The minimum Gasteiger partial charge on any atom is -0.459 e. The molecule has 1 unspecified atom stereocenters. The molecular weight excluding hydrogens is 434 g/mol. The van der Waals surface area contributed by atoms with E-state index < -0.39 is 11.1 Å². The van der Waals surface area contributed by atoms with Crippen LogP contribution < -0.4 is 15.0 Å². The fourth-order valence-electron chi connectivity index (χ4n) is 5.59. The SMILES string of the molecule is Cc1ccccc1NC(=O)c1cccc2c1C(C)(C)C1(C=Nc3c(ccc4ccccc34)O1)N2C. The predicted molar refractivity (Wildman–Crippen MR) is 142 cm³/mol. The Morgan fingerprint density at radius 3 is 2.54 bits per heavy atom. The van der Waals surface area contributed by atoms with Crippen LogP contribution in [0.15, 0.2) is 83.9 Å². The first kappa shape index (κ1) is 21.4. The second kappa shape index (κ2) is 7.44. The van der Waals surface area contributed by atoms with Crippen LogP contribution in [-0.4, -0.2) is 24.9 Å². The number of anilines is 2. The Bertz CT molecular complexity index is 1540. The van der Waals surface area contributed by atoms with Gasteiger partial charge in [0.05, 0.1) is 11.6 Å². The molecule has 35 heavy (non-hydrogen) atoms. The van der Waals surface area contributed by atoms with E-state index in [9.17, 15) is 4.79 Å². The van der Waals surface area contributed by atoms with E-state index in [1.807, 2.05) is 80.8 Å². The van der Waals surface area contributed by atoms with Gasteiger partial charge in [-0.25, -0.2) is 0 Å². The van der Waals surface area contributed by atoms with Crippen LogP contribution >= 0.6 is 0 Å². The molecular formula is C30H27N3O2. The molecule has 2 aliphatic rings. The Kier molecular flexibility index (Phi) is 4.55. The topological polar surface area (TPSA) is 53.9 Å². The van der Waals surface area contributed by atoms with Crippen LogP contribution in [0.2, 0.25) is 0 Å². The molecule has 0 fully saturated rings. The van der Waals surface area contributed by atoms with E-state index in [4.69, 9.17) is 9.73 Å². The number of aryl methyl sites for hydroxylation is 1. The number of nitrogens with zero attached hydrogens (tertiary/aromatic N) is 2. The maximum absolute atomic E-state index is 13.5. The summed E-state index contributed by atoms with van der Waals surface area (Å²) >= 11 is 0. The summed E-state index contributed by atoms with van der Waals surface area (Å²) in [5.41, 5.74) is 3.78. The Hall–Kier alpha value is -4.12. The lowest BCUT2D eigenvalue weighted by Crippen LogP contribution is -2.61. The monoisotopic (exact) mass is 461 g/mol. The summed E-state index contributed by atoms with van der Waals surface area (Å²) in [5, 5.41) is 5.29. The van der Waals surface area contributed by atoms with Crippen molar-refractivity contribution in [1.82, 2.24) is 0 Å². The molecule has 2 heterocycles. The Balaban J connectivity index is 1.45. The summed E-state index contributed by atoms with van der Waals surface area (Å²) in [7, 11) is 2.01. The molecule has 4 aromatic rings. The number of likely N-dealkylation sites (N-methyl/N-ethyl adjacent to an activating group) is 1. The van der Waals surface area contributed by atoms with Crippen LogP contribution in [-0.2, 0) is 5.41 Å². The number of hydrogen-bond donors (Lipinski definition) is 1. The van der Waals surface area contributed by atoms with Gasteiger partial charge < -0.3 is 15.0 Å². The van der Waals surface area contributed by atoms with E-state index in [2.05, 4.69) is 42.3 Å². The first-order valence-corrected chi connectivity index (χ1v) is 11.8. The van der Waals surface area contributed by atoms with Gasteiger partial charge in [0.1, 0.15) is 11.4 Å². The number of rotatable bonds is 2. The molecule has 0 aromatic heterocycles. The number of carbonyl (C=O) groups excluding carboxylic acids is 1. The highest BCUT2D eigenvalue weighted by Crippen LogP contribution is 2.55. The molecule has 0 aliphatic carbocycles.